The predicted molar refractivity (Wildman–Crippen MR) is 105 cm³/mol. The summed E-state index contributed by atoms with van der Waals surface area (Å²) in [6.07, 6.45) is 10.8. The van der Waals surface area contributed by atoms with E-state index in [0.717, 1.165) is 31.6 Å². The summed E-state index contributed by atoms with van der Waals surface area (Å²) in [5, 5.41) is 9.51. The second-order valence-corrected chi connectivity index (χ2v) is 8.46. The van der Waals surface area contributed by atoms with Crippen molar-refractivity contribution in [3.05, 3.63) is 65.0 Å². The van der Waals surface area contributed by atoms with E-state index in [1.165, 1.54) is 48.1 Å². The van der Waals surface area contributed by atoms with Crippen LogP contribution in [0.15, 0.2) is 42.6 Å². The molecule has 2 aliphatic carbocycles. The van der Waals surface area contributed by atoms with Crippen molar-refractivity contribution in [3.8, 4) is 0 Å². The summed E-state index contributed by atoms with van der Waals surface area (Å²) < 4.78 is 0. The molecule has 0 spiro atoms. The second-order valence-electron chi connectivity index (χ2n) is 8.46. The van der Waals surface area contributed by atoms with Gasteiger partial charge in [0, 0.05) is 17.4 Å². The van der Waals surface area contributed by atoms with Crippen molar-refractivity contribution in [2.75, 3.05) is 6.61 Å². The van der Waals surface area contributed by atoms with Crippen molar-refractivity contribution in [1.82, 2.24) is 4.98 Å². The standard InChI is InChI=1S/C23H30N2O/c24-23(16-26)11-10-21(15-23)20-8-7-18-13-17(4-6-19(18)14-20)5-9-22-3-1-2-12-25-22/h1-3,7-8,12,14,17,21,26H,4-6,9-11,13,15-16,24H2/t17-,21-,23-/m0/s1. The largest absolute Gasteiger partial charge is 0.394 e. The number of hydrogen-bond acceptors (Lipinski definition) is 3. The number of aliphatic hydroxyl groups is 1. The molecule has 26 heavy (non-hydrogen) atoms. The van der Waals surface area contributed by atoms with Crippen LogP contribution in [0.2, 0.25) is 0 Å². The average molecular weight is 351 g/mol. The molecule has 1 heterocycles. The van der Waals surface area contributed by atoms with Crippen LogP contribution in [0.5, 0.6) is 0 Å². The van der Waals surface area contributed by atoms with Crippen LogP contribution in [0.3, 0.4) is 0 Å². The smallest absolute Gasteiger partial charge is 0.0611 e. The minimum absolute atomic E-state index is 0.104. The maximum atomic E-state index is 9.51. The van der Waals surface area contributed by atoms with Crippen molar-refractivity contribution in [3.63, 3.8) is 0 Å². The molecular weight excluding hydrogens is 320 g/mol. The van der Waals surface area contributed by atoms with Crippen LogP contribution < -0.4 is 5.73 Å². The summed E-state index contributed by atoms with van der Waals surface area (Å²) in [5.74, 6) is 1.28. The first-order valence-corrected chi connectivity index (χ1v) is 10.1. The number of aliphatic hydroxyl groups excluding tert-OH is 1. The van der Waals surface area contributed by atoms with Gasteiger partial charge in [-0.15, -0.1) is 0 Å². The fourth-order valence-corrected chi connectivity index (χ4v) is 4.83. The first-order chi connectivity index (χ1) is 12.6. The van der Waals surface area contributed by atoms with E-state index in [1.807, 2.05) is 12.3 Å². The van der Waals surface area contributed by atoms with Gasteiger partial charge in [-0.1, -0.05) is 24.3 Å². The number of benzene rings is 1. The molecule has 3 atom stereocenters. The molecule has 2 aromatic rings. The molecule has 0 unspecified atom stereocenters. The molecule has 0 bridgehead atoms. The van der Waals surface area contributed by atoms with Gasteiger partial charge < -0.3 is 10.8 Å². The Kier molecular flexibility index (Phi) is 5.10. The maximum Gasteiger partial charge on any atom is 0.0611 e. The third-order valence-electron chi connectivity index (χ3n) is 6.53. The summed E-state index contributed by atoms with van der Waals surface area (Å²) in [4.78, 5) is 4.45. The van der Waals surface area contributed by atoms with Gasteiger partial charge in [0.2, 0.25) is 0 Å². The quantitative estimate of drug-likeness (QED) is 0.863. The van der Waals surface area contributed by atoms with E-state index in [2.05, 4.69) is 35.3 Å². The van der Waals surface area contributed by atoms with E-state index in [1.54, 1.807) is 0 Å². The fraction of sp³-hybridized carbons (Fsp3) is 0.522. The van der Waals surface area contributed by atoms with E-state index in [0.29, 0.717) is 5.92 Å². The number of nitrogens with zero attached hydrogens (tertiary/aromatic N) is 1. The lowest BCUT2D eigenvalue weighted by Gasteiger charge is -2.26. The molecule has 3 nitrogen and oxygen atoms in total. The van der Waals surface area contributed by atoms with Gasteiger partial charge in [-0.2, -0.15) is 0 Å². The van der Waals surface area contributed by atoms with E-state index < -0.39 is 0 Å². The summed E-state index contributed by atoms with van der Waals surface area (Å²) >= 11 is 0. The molecular formula is C23H30N2O. The number of rotatable bonds is 5. The summed E-state index contributed by atoms with van der Waals surface area (Å²) in [7, 11) is 0. The molecule has 1 aromatic heterocycles. The number of nitrogens with two attached hydrogens (primary N) is 1. The Morgan fingerprint density at radius 3 is 2.85 bits per heavy atom. The van der Waals surface area contributed by atoms with Crippen LogP contribution in [-0.2, 0) is 19.3 Å². The van der Waals surface area contributed by atoms with Crippen LogP contribution in [0, 0.1) is 5.92 Å². The van der Waals surface area contributed by atoms with Gasteiger partial charge in [-0.05, 0) is 92.0 Å². The molecule has 0 radical (unpaired) electrons. The lowest BCUT2D eigenvalue weighted by Crippen LogP contribution is -2.40. The topological polar surface area (TPSA) is 59.1 Å². The van der Waals surface area contributed by atoms with Gasteiger partial charge in [-0.25, -0.2) is 0 Å². The summed E-state index contributed by atoms with van der Waals surface area (Å²) in [5.41, 5.74) is 11.6. The number of pyridine rings is 1. The van der Waals surface area contributed by atoms with Crippen molar-refractivity contribution >= 4 is 0 Å². The van der Waals surface area contributed by atoms with Gasteiger partial charge in [0.15, 0.2) is 0 Å². The maximum absolute atomic E-state index is 9.51. The van der Waals surface area contributed by atoms with Crippen LogP contribution in [-0.4, -0.2) is 22.2 Å². The van der Waals surface area contributed by atoms with Crippen LogP contribution in [0.25, 0.3) is 0 Å². The Morgan fingerprint density at radius 1 is 1.15 bits per heavy atom. The molecule has 2 aliphatic rings. The SMILES string of the molecule is N[C@@]1(CO)CC[C@H](c2ccc3c(c2)CC[C@@H](CCc2ccccn2)C3)C1. The van der Waals surface area contributed by atoms with Crippen molar-refractivity contribution in [2.24, 2.45) is 11.7 Å². The van der Waals surface area contributed by atoms with E-state index in [9.17, 15) is 5.11 Å². The first kappa shape index (κ1) is 17.7. The number of aryl methyl sites for hydroxylation is 2. The molecule has 0 amide bonds. The molecule has 0 saturated heterocycles. The molecule has 1 aromatic carbocycles. The lowest BCUT2D eigenvalue weighted by molar-refractivity contribution is 0.198. The average Bonchev–Trinajstić information content (AvgIpc) is 3.09. The highest BCUT2D eigenvalue weighted by molar-refractivity contribution is 5.36. The zero-order chi connectivity index (χ0) is 18.0. The molecule has 4 rings (SSSR count). The third kappa shape index (κ3) is 3.84. The van der Waals surface area contributed by atoms with Gasteiger partial charge in [0.1, 0.15) is 0 Å². The number of fused-ring (bicyclic) bond motifs is 1. The molecule has 3 heteroatoms. The number of hydrogen-bond donors (Lipinski definition) is 2. The normalized spacial score (nSPS) is 28.1. The third-order valence-corrected chi connectivity index (χ3v) is 6.53. The highest BCUT2D eigenvalue weighted by Gasteiger charge is 2.36. The minimum atomic E-state index is -0.364. The minimum Gasteiger partial charge on any atom is -0.394 e. The monoisotopic (exact) mass is 350 g/mol. The Hall–Kier alpha value is -1.71. The van der Waals surface area contributed by atoms with Crippen molar-refractivity contribution in [1.29, 1.82) is 0 Å². The summed E-state index contributed by atoms with van der Waals surface area (Å²) in [6.45, 7) is 0.104. The molecule has 138 valence electrons. The Morgan fingerprint density at radius 2 is 2.08 bits per heavy atom. The van der Waals surface area contributed by atoms with Crippen LogP contribution in [0.1, 0.15) is 60.4 Å². The molecule has 1 fully saturated rings. The van der Waals surface area contributed by atoms with Crippen molar-refractivity contribution in [2.45, 2.75) is 62.8 Å². The van der Waals surface area contributed by atoms with E-state index in [-0.39, 0.29) is 12.1 Å². The van der Waals surface area contributed by atoms with Gasteiger partial charge in [0.05, 0.1) is 6.61 Å². The van der Waals surface area contributed by atoms with Crippen LogP contribution in [0.4, 0.5) is 0 Å². The van der Waals surface area contributed by atoms with E-state index >= 15 is 0 Å². The molecule has 1 saturated carbocycles. The highest BCUT2D eigenvalue weighted by atomic mass is 16.3. The summed E-state index contributed by atoms with van der Waals surface area (Å²) in [6, 6.07) is 13.3. The second kappa shape index (κ2) is 7.50. The number of aromatic nitrogens is 1. The lowest BCUT2D eigenvalue weighted by atomic mass is 9.79. The highest BCUT2D eigenvalue weighted by Crippen LogP contribution is 2.40. The van der Waals surface area contributed by atoms with Crippen molar-refractivity contribution < 1.29 is 5.11 Å². The zero-order valence-corrected chi connectivity index (χ0v) is 15.5. The van der Waals surface area contributed by atoms with Gasteiger partial charge in [0.25, 0.3) is 0 Å². The van der Waals surface area contributed by atoms with Gasteiger partial charge >= 0.3 is 0 Å². The Labute approximate surface area is 156 Å². The molecule has 3 N–H and O–H groups in total. The van der Waals surface area contributed by atoms with Gasteiger partial charge in [-0.3, -0.25) is 4.98 Å². The Balaban J connectivity index is 1.38. The predicted octanol–water partition coefficient (Wildman–Crippen LogP) is 3.78. The van der Waals surface area contributed by atoms with Crippen LogP contribution >= 0.6 is 0 Å². The van der Waals surface area contributed by atoms with E-state index in [4.69, 9.17) is 5.73 Å². The molecule has 0 aliphatic heterocycles. The Bertz CT molecular complexity index is 745. The zero-order valence-electron chi connectivity index (χ0n) is 15.5. The first-order valence-electron chi connectivity index (χ1n) is 10.1. The fourth-order valence-electron chi connectivity index (χ4n) is 4.83.